The zero-order valence-electron chi connectivity index (χ0n) is 22.6. The van der Waals surface area contributed by atoms with Crippen molar-refractivity contribution >= 4 is 23.8 Å². The number of carbonyl (C=O) groups excluding carboxylic acids is 3. The van der Waals surface area contributed by atoms with Crippen molar-refractivity contribution < 1.29 is 42.2 Å². The number of aryl methyl sites for hydroxylation is 1. The maximum absolute atomic E-state index is 13.1. The fraction of sp³-hybridized carbons (Fsp3) is 0.429. The molecular weight excluding hydrogens is 531 g/mol. The van der Waals surface area contributed by atoms with Gasteiger partial charge in [-0.15, -0.1) is 0 Å². The minimum absolute atomic E-state index is 0.146. The Morgan fingerprint density at radius 3 is 1.80 bits per heavy atom. The molecule has 0 unspecified atom stereocenters. The standard InChI is InChI=1S/C26H35N3O4.C2HF3O2/c1-18(2)16-22(28-24(30)21(27)15-14-19-10-6-4-7-11-19)25(31)29-23(26(32)33-3)17-20-12-8-5-9-13-20;3-2(4,5)1(6)7/h4-13,18,21-23H,14-17,27H2,1-3H3,(H,28,30)(H,29,31);(H,6,7)/t21-,22+,23+;/m0./s1. The summed E-state index contributed by atoms with van der Waals surface area (Å²) in [6.07, 6.45) is -3.25. The number of benzene rings is 2. The summed E-state index contributed by atoms with van der Waals surface area (Å²) in [7, 11) is 1.28. The molecule has 0 fully saturated rings. The molecule has 2 rings (SSSR count). The van der Waals surface area contributed by atoms with Gasteiger partial charge < -0.3 is 26.2 Å². The lowest BCUT2D eigenvalue weighted by atomic mass is 10.00. The second kappa shape index (κ2) is 16.9. The van der Waals surface area contributed by atoms with E-state index in [1.54, 1.807) is 0 Å². The number of nitrogens with two attached hydrogens (primary N) is 1. The van der Waals surface area contributed by atoms with Gasteiger partial charge in [-0.3, -0.25) is 9.59 Å². The van der Waals surface area contributed by atoms with E-state index in [0.29, 0.717) is 19.3 Å². The van der Waals surface area contributed by atoms with Crippen LogP contribution in [-0.4, -0.2) is 60.3 Å². The largest absolute Gasteiger partial charge is 0.490 e. The van der Waals surface area contributed by atoms with Crippen LogP contribution in [0.1, 0.15) is 37.8 Å². The third-order valence-electron chi connectivity index (χ3n) is 5.59. The maximum Gasteiger partial charge on any atom is 0.490 e. The molecule has 9 nitrogen and oxygen atoms in total. The first-order valence-corrected chi connectivity index (χ1v) is 12.6. The van der Waals surface area contributed by atoms with Crippen molar-refractivity contribution in [1.82, 2.24) is 10.6 Å². The Morgan fingerprint density at radius 2 is 1.35 bits per heavy atom. The number of hydrogen-bond donors (Lipinski definition) is 4. The van der Waals surface area contributed by atoms with Gasteiger partial charge in [-0.05, 0) is 36.3 Å². The van der Waals surface area contributed by atoms with Crippen LogP contribution in [-0.2, 0) is 36.8 Å². The fourth-order valence-corrected chi connectivity index (χ4v) is 3.54. The van der Waals surface area contributed by atoms with Gasteiger partial charge in [0.1, 0.15) is 12.1 Å². The average Bonchev–Trinajstić information content (AvgIpc) is 2.91. The number of aliphatic carboxylic acids is 1. The molecule has 2 aromatic rings. The van der Waals surface area contributed by atoms with Crippen LogP contribution in [0.15, 0.2) is 60.7 Å². The monoisotopic (exact) mass is 567 g/mol. The fourth-order valence-electron chi connectivity index (χ4n) is 3.54. The van der Waals surface area contributed by atoms with E-state index in [-0.39, 0.29) is 18.2 Å². The molecule has 3 atom stereocenters. The van der Waals surface area contributed by atoms with Crippen LogP contribution in [0.4, 0.5) is 13.2 Å². The highest BCUT2D eigenvalue weighted by atomic mass is 19.4. The molecular formula is C28H36F3N3O6. The van der Waals surface area contributed by atoms with E-state index in [4.69, 9.17) is 20.4 Å². The van der Waals surface area contributed by atoms with E-state index >= 15 is 0 Å². The van der Waals surface area contributed by atoms with Gasteiger partial charge in [0.25, 0.3) is 0 Å². The molecule has 0 heterocycles. The van der Waals surface area contributed by atoms with Gasteiger partial charge in [-0.2, -0.15) is 13.2 Å². The van der Waals surface area contributed by atoms with Gasteiger partial charge in [0.05, 0.1) is 13.2 Å². The van der Waals surface area contributed by atoms with Crippen LogP contribution in [0, 0.1) is 5.92 Å². The number of halogens is 3. The summed E-state index contributed by atoms with van der Waals surface area (Å²) in [4.78, 5) is 47.0. The highest BCUT2D eigenvalue weighted by Gasteiger charge is 2.38. The summed E-state index contributed by atoms with van der Waals surface area (Å²) < 4.78 is 36.6. The Bertz CT molecular complexity index is 1080. The number of amides is 2. The highest BCUT2D eigenvalue weighted by molar-refractivity contribution is 5.92. The quantitative estimate of drug-likeness (QED) is 0.288. The molecule has 40 heavy (non-hydrogen) atoms. The van der Waals surface area contributed by atoms with E-state index in [2.05, 4.69) is 10.6 Å². The first-order chi connectivity index (χ1) is 18.7. The van der Waals surface area contributed by atoms with Gasteiger partial charge >= 0.3 is 18.1 Å². The lowest BCUT2D eigenvalue weighted by Gasteiger charge is -2.24. The van der Waals surface area contributed by atoms with Gasteiger partial charge in [0.2, 0.25) is 11.8 Å². The van der Waals surface area contributed by atoms with E-state index in [9.17, 15) is 27.6 Å². The molecule has 0 aromatic heterocycles. The van der Waals surface area contributed by atoms with E-state index in [0.717, 1.165) is 11.1 Å². The van der Waals surface area contributed by atoms with Gasteiger partial charge in [-0.1, -0.05) is 74.5 Å². The van der Waals surface area contributed by atoms with Crippen molar-refractivity contribution in [3.63, 3.8) is 0 Å². The van der Waals surface area contributed by atoms with Crippen molar-refractivity contribution in [1.29, 1.82) is 0 Å². The Morgan fingerprint density at radius 1 is 0.875 bits per heavy atom. The topological polar surface area (TPSA) is 148 Å². The molecule has 0 aliphatic heterocycles. The summed E-state index contributed by atoms with van der Waals surface area (Å²) in [6, 6.07) is 16.7. The van der Waals surface area contributed by atoms with Crippen molar-refractivity contribution in [3.8, 4) is 0 Å². The number of esters is 1. The lowest BCUT2D eigenvalue weighted by Crippen LogP contribution is -2.55. The summed E-state index contributed by atoms with van der Waals surface area (Å²) in [5.74, 6) is -3.97. The molecule has 0 saturated carbocycles. The number of hydrogen-bond acceptors (Lipinski definition) is 6. The van der Waals surface area contributed by atoms with Crippen LogP contribution >= 0.6 is 0 Å². The van der Waals surface area contributed by atoms with Crippen LogP contribution in [0.2, 0.25) is 0 Å². The number of carboxylic acid groups (broad SMARTS) is 1. The first-order valence-electron chi connectivity index (χ1n) is 12.6. The number of rotatable bonds is 12. The summed E-state index contributed by atoms with van der Waals surface area (Å²) in [5.41, 5.74) is 8.09. The second-order valence-electron chi connectivity index (χ2n) is 9.40. The molecule has 0 bridgehead atoms. The average molecular weight is 568 g/mol. The predicted octanol–water partition coefficient (Wildman–Crippen LogP) is 3.01. The number of alkyl halides is 3. The van der Waals surface area contributed by atoms with E-state index in [1.807, 2.05) is 74.5 Å². The summed E-state index contributed by atoms with van der Waals surface area (Å²) >= 11 is 0. The smallest absolute Gasteiger partial charge is 0.475 e. The molecule has 0 saturated heterocycles. The number of carboxylic acids is 1. The molecule has 2 aromatic carbocycles. The van der Waals surface area contributed by atoms with E-state index < -0.39 is 42.1 Å². The third kappa shape index (κ3) is 13.2. The lowest BCUT2D eigenvalue weighted by molar-refractivity contribution is -0.192. The third-order valence-corrected chi connectivity index (χ3v) is 5.59. The Balaban J connectivity index is 0.00000101. The van der Waals surface area contributed by atoms with Crippen LogP contribution in [0.25, 0.3) is 0 Å². The van der Waals surface area contributed by atoms with Crippen molar-refractivity contribution in [2.45, 2.75) is 63.8 Å². The number of carbonyl (C=O) groups is 4. The molecule has 0 aliphatic rings. The van der Waals surface area contributed by atoms with Crippen LogP contribution < -0.4 is 16.4 Å². The minimum atomic E-state index is -5.08. The van der Waals surface area contributed by atoms with Crippen LogP contribution in [0.3, 0.4) is 0 Å². The van der Waals surface area contributed by atoms with Gasteiger partial charge in [0, 0.05) is 6.42 Å². The molecule has 5 N–H and O–H groups in total. The Hall–Kier alpha value is -3.93. The molecule has 0 aliphatic carbocycles. The van der Waals surface area contributed by atoms with Gasteiger partial charge in [-0.25, -0.2) is 9.59 Å². The van der Waals surface area contributed by atoms with Crippen molar-refractivity contribution in [2.75, 3.05) is 7.11 Å². The molecule has 2 amide bonds. The number of ether oxygens (including phenoxy) is 1. The SMILES string of the molecule is COC(=O)[C@@H](Cc1ccccc1)NC(=O)[C@@H](CC(C)C)NC(=O)[C@@H](N)CCc1ccccc1.O=C(O)C(F)(F)F. The predicted molar refractivity (Wildman–Crippen MR) is 142 cm³/mol. The molecule has 12 heteroatoms. The summed E-state index contributed by atoms with van der Waals surface area (Å²) in [6.45, 7) is 3.92. The second-order valence-corrected chi connectivity index (χ2v) is 9.40. The number of methoxy groups -OCH3 is 1. The summed E-state index contributed by atoms with van der Waals surface area (Å²) in [5, 5.41) is 12.7. The van der Waals surface area contributed by atoms with Gasteiger partial charge in [0.15, 0.2) is 0 Å². The van der Waals surface area contributed by atoms with Crippen molar-refractivity contribution in [3.05, 3.63) is 71.8 Å². The molecule has 220 valence electrons. The van der Waals surface area contributed by atoms with Crippen molar-refractivity contribution in [2.24, 2.45) is 11.7 Å². The highest BCUT2D eigenvalue weighted by Crippen LogP contribution is 2.13. The van der Waals surface area contributed by atoms with E-state index in [1.165, 1.54) is 7.11 Å². The normalized spacial score (nSPS) is 13.2. The Labute approximate surface area is 231 Å². The molecule has 0 radical (unpaired) electrons. The Kier molecular flexibility index (Phi) is 14.4. The first kappa shape index (κ1) is 34.1. The minimum Gasteiger partial charge on any atom is -0.475 e. The zero-order chi connectivity index (χ0) is 30.3. The number of nitrogens with one attached hydrogen (secondary N) is 2. The zero-order valence-corrected chi connectivity index (χ0v) is 22.6. The maximum atomic E-state index is 13.1. The molecule has 0 spiro atoms. The van der Waals surface area contributed by atoms with Crippen LogP contribution in [0.5, 0.6) is 0 Å².